The maximum atomic E-state index is 12.7. The zero-order chi connectivity index (χ0) is 19.1. The maximum Gasteiger partial charge on any atom is 0.410 e. The van der Waals surface area contributed by atoms with Crippen LogP contribution in [0.5, 0.6) is 0 Å². The van der Waals surface area contributed by atoms with Gasteiger partial charge >= 0.3 is 6.09 Å². The van der Waals surface area contributed by atoms with Crippen molar-refractivity contribution in [1.29, 1.82) is 5.26 Å². The molecule has 0 aliphatic carbocycles. The second-order valence-corrected chi connectivity index (χ2v) is 6.37. The van der Waals surface area contributed by atoms with Gasteiger partial charge in [0.05, 0.1) is 11.6 Å². The Bertz CT molecular complexity index is 845. The Morgan fingerprint density at radius 2 is 1.70 bits per heavy atom. The molecule has 1 saturated heterocycles. The number of nitriles is 1. The molecule has 2 aromatic carbocycles. The van der Waals surface area contributed by atoms with Gasteiger partial charge in [-0.05, 0) is 30.2 Å². The fourth-order valence-corrected chi connectivity index (χ4v) is 3.02. The predicted molar refractivity (Wildman–Crippen MR) is 99.9 cm³/mol. The van der Waals surface area contributed by atoms with Crippen LogP contribution in [-0.4, -0.2) is 48.0 Å². The second-order valence-electron chi connectivity index (χ2n) is 6.37. The van der Waals surface area contributed by atoms with E-state index in [0.717, 1.165) is 5.56 Å². The van der Waals surface area contributed by atoms with E-state index in [2.05, 4.69) is 0 Å². The number of carbonyl (C=O) groups excluding carboxylic acids is 2. The Morgan fingerprint density at radius 3 is 2.48 bits per heavy atom. The smallest absolute Gasteiger partial charge is 0.410 e. The van der Waals surface area contributed by atoms with Crippen molar-refractivity contribution in [3.63, 3.8) is 0 Å². The van der Waals surface area contributed by atoms with E-state index in [0.29, 0.717) is 43.7 Å². The quantitative estimate of drug-likeness (QED) is 0.840. The van der Waals surface area contributed by atoms with Crippen molar-refractivity contribution in [3.05, 3.63) is 71.3 Å². The molecule has 6 heteroatoms. The molecular formula is C21H21N3O3. The van der Waals surface area contributed by atoms with Crippen molar-refractivity contribution < 1.29 is 14.3 Å². The maximum absolute atomic E-state index is 12.7. The average molecular weight is 363 g/mol. The summed E-state index contributed by atoms with van der Waals surface area (Å²) in [6.45, 7) is 2.22. The van der Waals surface area contributed by atoms with Crippen LogP contribution in [0.2, 0.25) is 0 Å². The van der Waals surface area contributed by atoms with Crippen molar-refractivity contribution in [3.8, 4) is 6.07 Å². The fraction of sp³-hybridized carbons (Fsp3) is 0.286. The van der Waals surface area contributed by atoms with Crippen LogP contribution < -0.4 is 0 Å². The average Bonchev–Trinajstić information content (AvgIpc) is 2.98. The van der Waals surface area contributed by atoms with Gasteiger partial charge in [0.2, 0.25) is 0 Å². The summed E-state index contributed by atoms with van der Waals surface area (Å²) in [5.74, 6) is -0.119. The molecule has 2 aromatic rings. The summed E-state index contributed by atoms with van der Waals surface area (Å²) in [5.41, 5.74) is 1.89. The van der Waals surface area contributed by atoms with Crippen LogP contribution in [0, 0.1) is 11.3 Å². The first-order valence-corrected chi connectivity index (χ1v) is 8.92. The molecule has 3 rings (SSSR count). The number of benzene rings is 2. The van der Waals surface area contributed by atoms with E-state index in [1.54, 1.807) is 34.1 Å². The molecule has 1 fully saturated rings. The molecule has 0 aromatic heterocycles. The van der Waals surface area contributed by atoms with Gasteiger partial charge in [-0.3, -0.25) is 4.79 Å². The van der Waals surface area contributed by atoms with E-state index in [1.807, 2.05) is 36.4 Å². The summed E-state index contributed by atoms with van der Waals surface area (Å²) in [6.07, 6.45) is 0.323. The predicted octanol–water partition coefficient (Wildman–Crippen LogP) is 3.04. The van der Waals surface area contributed by atoms with Gasteiger partial charge in [0, 0.05) is 31.7 Å². The summed E-state index contributed by atoms with van der Waals surface area (Å²) in [7, 11) is 0. The zero-order valence-corrected chi connectivity index (χ0v) is 15.0. The molecule has 0 N–H and O–H groups in total. The number of amides is 2. The third-order valence-electron chi connectivity index (χ3n) is 4.49. The Hall–Kier alpha value is -3.33. The number of ether oxygens (including phenoxy) is 1. The van der Waals surface area contributed by atoms with Gasteiger partial charge in [0.1, 0.15) is 6.61 Å². The largest absolute Gasteiger partial charge is 0.445 e. The van der Waals surface area contributed by atoms with Crippen LogP contribution >= 0.6 is 0 Å². The molecular weight excluding hydrogens is 342 g/mol. The number of carbonyl (C=O) groups is 2. The van der Waals surface area contributed by atoms with E-state index in [1.165, 1.54) is 0 Å². The number of hydrogen-bond donors (Lipinski definition) is 0. The number of rotatable bonds is 3. The standard InChI is InChI=1S/C21H21N3O3/c22-15-18-8-4-9-19(14-18)20(25)23-10-5-11-24(13-12-23)21(26)27-16-17-6-2-1-3-7-17/h1-4,6-9,14H,5,10-13,16H2. The van der Waals surface area contributed by atoms with Gasteiger partial charge < -0.3 is 14.5 Å². The number of hydrogen-bond acceptors (Lipinski definition) is 4. The van der Waals surface area contributed by atoms with Crippen molar-refractivity contribution in [2.45, 2.75) is 13.0 Å². The molecule has 0 saturated carbocycles. The first-order chi connectivity index (χ1) is 13.2. The third-order valence-corrected chi connectivity index (χ3v) is 4.49. The van der Waals surface area contributed by atoms with Crippen LogP contribution in [0.15, 0.2) is 54.6 Å². The normalized spacial score (nSPS) is 14.2. The molecule has 138 valence electrons. The lowest BCUT2D eigenvalue weighted by Gasteiger charge is -2.22. The Labute approximate surface area is 158 Å². The van der Waals surface area contributed by atoms with Gasteiger partial charge in [-0.1, -0.05) is 36.4 Å². The molecule has 0 unspecified atom stereocenters. The monoisotopic (exact) mass is 363 g/mol. The molecule has 0 bridgehead atoms. The highest BCUT2D eigenvalue weighted by Crippen LogP contribution is 2.12. The first kappa shape index (κ1) is 18.5. The van der Waals surface area contributed by atoms with E-state index in [9.17, 15) is 9.59 Å². The minimum absolute atomic E-state index is 0.119. The Kier molecular flexibility index (Phi) is 6.06. The van der Waals surface area contributed by atoms with Crippen LogP contribution in [0.25, 0.3) is 0 Å². The highest BCUT2D eigenvalue weighted by Gasteiger charge is 2.23. The van der Waals surface area contributed by atoms with E-state index in [4.69, 9.17) is 10.00 Å². The minimum atomic E-state index is -0.361. The van der Waals surface area contributed by atoms with Gasteiger partial charge in [-0.2, -0.15) is 5.26 Å². The summed E-state index contributed by atoms with van der Waals surface area (Å²) < 4.78 is 5.38. The van der Waals surface area contributed by atoms with Gasteiger partial charge in [0.25, 0.3) is 5.91 Å². The summed E-state index contributed by atoms with van der Waals surface area (Å²) >= 11 is 0. The molecule has 0 spiro atoms. The van der Waals surface area contributed by atoms with E-state index < -0.39 is 0 Å². The summed E-state index contributed by atoms with van der Waals surface area (Å²) in [5, 5.41) is 8.99. The van der Waals surface area contributed by atoms with Crippen molar-refractivity contribution >= 4 is 12.0 Å². The molecule has 2 amide bonds. The van der Waals surface area contributed by atoms with Gasteiger partial charge in [-0.15, -0.1) is 0 Å². The van der Waals surface area contributed by atoms with Crippen molar-refractivity contribution in [2.75, 3.05) is 26.2 Å². The Morgan fingerprint density at radius 1 is 0.963 bits per heavy atom. The molecule has 1 aliphatic heterocycles. The van der Waals surface area contributed by atoms with Crippen molar-refractivity contribution in [2.24, 2.45) is 0 Å². The molecule has 1 heterocycles. The van der Waals surface area contributed by atoms with Crippen LogP contribution in [0.4, 0.5) is 4.79 Å². The lowest BCUT2D eigenvalue weighted by molar-refractivity contribution is 0.0749. The minimum Gasteiger partial charge on any atom is -0.445 e. The highest BCUT2D eigenvalue weighted by atomic mass is 16.6. The van der Waals surface area contributed by atoms with E-state index >= 15 is 0 Å². The lowest BCUT2D eigenvalue weighted by atomic mass is 10.1. The first-order valence-electron chi connectivity index (χ1n) is 8.92. The van der Waals surface area contributed by atoms with Crippen LogP contribution in [0.3, 0.4) is 0 Å². The zero-order valence-electron chi connectivity index (χ0n) is 15.0. The van der Waals surface area contributed by atoms with Crippen molar-refractivity contribution in [1.82, 2.24) is 9.80 Å². The summed E-state index contributed by atoms with van der Waals surface area (Å²) in [6, 6.07) is 18.3. The Balaban J connectivity index is 1.55. The van der Waals surface area contributed by atoms with E-state index in [-0.39, 0.29) is 18.6 Å². The highest BCUT2D eigenvalue weighted by molar-refractivity contribution is 5.94. The fourth-order valence-electron chi connectivity index (χ4n) is 3.02. The third kappa shape index (κ3) is 4.85. The molecule has 27 heavy (non-hydrogen) atoms. The molecule has 1 aliphatic rings. The molecule has 0 radical (unpaired) electrons. The lowest BCUT2D eigenvalue weighted by Crippen LogP contribution is -2.37. The van der Waals surface area contributed by atoms with Crippen LogP contribution in [-0.2, 0) is 11.3 Å². The van der Waals surface area contributed by atoms with Gasteiger partial charge in [0.15, 0.2) is 0 Å². The number of nitrogens with zero attached hydrogens (tertiary/aromatic N) is 3. The molecule has 6 nitrogen and oxygen atoms in total. The van der Waals surface area contributed by atoms with Gasteiger partial charge in [-0.25, -0.2) is 4.79 Å². The topological polar surface area (TPSA) is 73.6 Å². The second kappa shape index (κ2) is 8.86. The molecule has 0 atom stereocenters. The SMILES string of the molecule is N#Cc1cccc(C(=O)N2CCCN(C(=O)OCc3ccccc3)CC2)c1. The van der Waals surface area contributed by atoms with Crippen LogP contribution in [0.1, 0.15) is 27.9 Å². The summed E-state index contributed by atoms with van der Waals surface area (Å²) in [4.78, 5) is 28.4.